The molecule has 1 aliphatic rings. The van der Waals surface area contributed by atoms with Crippen molar-refractivity contribution in [3.8, 4) is 5.69 Å². The average Bonchev–Trinajstić information content (AvgIpc) is 3.07. The van der Waals surface area contributed by atoms with Crippen molar-refractivity contribution in [2.75, 3.05) is 26.3 Å². The maximum atomic E-state index is 11.6. The molecule has 2 aromatic carbocycles. The fraction of sp³-hybridized carbons (Fsp3) is 0.263. The molecule has 3 aromatic rings. The van der Waals surface area contributed by atoms with Crippen molar-refractivity contribution in [3.63, 3.8) is 0 Å². The van der Waals surface area contributed by atoms with Crippen LogP contribution in [0.2, 0.25) is 0 Å². The molecule has 2 N–H and O–H groups in total. The summed E-state index contributed by atoms with van der Waals surface area (Å²) in [4.78, 5) is 14.0. The first-order chi connectivity index (χ1) is 12.2. The zero-order valence-corrected chi connectivity index (χ0v) is 13.9. The molecule has 0 spiro atoms. The van der Waals surface area contributed by atoms with Gasteiger partial charge >= 0.3 is 0 Å². The SMILES string of the molecule is NC(=O)c1cccc2c1cnn2-c1ccc(CN2CCOCC2)cc1. The van der Waals surface area contributed by atoms with Gasteiger partial charge in [0, 0.05) is 25.0 Å². The van der Waals surface area contributed by atoms with Crippen molar-refractivity contribution in [1.82, 2.24) is 14.7 Å². The van der Waals surface area contributed by atoms with Crippen LogP contribution in [0.5, 0.6) is 0 Å². The van der Waals surface area contributed by atoms with Gasteiger partial charge < -0.3 is 10.5 Å². The topological polar surface area (TPSA) is 73.4 Å². The first kappa shape index (κ1) is 15.8. The van der Waals surface area contributed by atoms with Crippen molar-refractivity contribution >= 4 is 16.8 Å². The number of fused-ring (bicyclic) bond motifs is 1. The molecular formula is C19H20N4O2. The Kier molecular flexibility index (Phi) is 4.21. The van der Waals surface area contributed by atoms with E-state index in [1.165, 1.54) is 5.56 Å². The van der Waals surface area contributed by atoms with Gasteiger partial charge in [-0.25, -0.2) is 4.68 Å². The predicted octanol–water partition coefficient (Wildman–Crippen LogP) is 1.96. The number of aromatic nitrogens is 2. The third kappa shape index (κ3) is 3.14. The minimum atomic E-state index is -0.439. The Morgan fingerprint density at radius 2 is 1.88 bits per heavy atom. The van der Waals surface area contributed by atoms with Crippen LogP contribution in [0, 0.1) is 0 Å². The number of amides is 1. The number of carbonyl (C=O) groups is 1. The molecule has 0 unspecified atom stereocenters. The van der Waals surface area contributed by atoms with Crippen LogP contribution in [0.15, 0.2) is 48.7 Å². The average molecular weight is 336 g/mol. The number of ether oxygens (including phenoxy) is 1. The van der Waals surface area contributed by atoms with Crippen LogP contribution < -0.4 is 5.73 Å². The lowest BCUT2D eigenvalue weighted by atomic mass is 10.1. The van der Waals surface area contributed by atoms with Gasteiger partial charge in [0.15, 0.2) is 0 Å². The highest BCUT2D eigenvalue weighted by molar-refractivity contribution is 6.05. The number of carbonyl (C=O) groups excluding carboxylic acids is 1. The zero-order chi connectivity index (χ0) is 17.2. The fourth-order valence-corrected chi connectivity index (χ4v) is 3.23. The first-order valence-corrected chi connectivity index (χ1v) is 8.38. The summed E-state index contributed by atoms with van der Waals surface area (Å²) in [5.74, 6) is -0.439. The van der Waals surface area contributed by atoms with E-state index in [0.29, 0.717) is 5.56 Å². The molecular weight excluding hydrogens is 316 g/mol. The summed E-state index contributed by atoms with van der Waals surface area (Å²) >= 11 is 0. The van der Waals surface area contributed by atoms with Gasteiger partial charge in [-0.05, 0) is 29.8 Å². The van der Waals surface area contributed by atoms with Gasteiger partial charge in [0.2, 0.25) is 5.91 Å². The Labute approximate surface area is 145 Å². The zero-order valence-electron chi connectivity index (χ0n) is 13.9. The van der Waals surface area contributed by atoms with E-state index in [1.54, 1.807) is 12.3 Å². The van der Waals surface area contributed by atoms with Crippen molar-refractivity contribution in [3.05, 3.63) is 59.8 Å². The van der Waals surface area contributed by atoms with Crippen molar-refractivity contribution in [2.45, 2.75) is 6.54 Å². The molecule has 0 bridgehead atoms. The molecule has 1 aromatic heterocycles. The Balaban J connectivity index is 1.61. The van der Waals surface area contributed by atoms with E-state index in [9.17, 15) is 4.79 Å². The third-order valence-electron chi connectivity index (χ3n) is 4.57. The molecule has 1 amide bonds. The smallest absolute Gasteiger partial charge is 0.249 e. The number of hydrogen-bond donors (Lipinski definition) is 1. The summed E-state index contributed by atoms with van der Waals surface area (Å²) in [6, 6.07) is 13.8. The molecule has 1 saturated heterocycles. The Hall–Kier alpha value is -2.70. The molecule has 25 heavy (non-hydrogen) atoms. The lowest BCUT2D eigenvalue weighted by Crippen LogP contribution is -2.35. The molecule has 2 heterocycles. The van der Waals surface area contributed by atoms with Crippen LogP contribution in [-0.2, 0) is 11.3 Å². The lowest BCUT2D eigenvalue weighted by molar-refractivity contribution is 0.0342. The van der Waals surface area contributed by atoms with E-state index in [4.69, 9.17) is 10.5 Å². The number of benzene rings is 2. The molecule has 0 radical (unpaired) electrons. The highest BCUT2D eigenvalue weighted by atomic mass is 16.5. The van der Waals surface area contributed by atoms with Gasteiger partial charge in [-0.15, -0.1) is 0 Å². The largest absolute Gasteiger partial charge is 0.379 e. The van der Waals surface area contributed by atoms with Crippen LogP contribution >= 0.6 is 0 Å². The molecule has 0 aliphatic carbocycles. The molecule has 0 saturated carbocycles. The number of primary amides is 1. The summed E-state index contributed by atoms with van der Waals surface area (Å²) in [6.45, 7) is 4.48. The van der Waals surface area contributed by atoms with Gasteiger partial charge in [0.25, 0.3) is 0 Å². The molecule has 128 valence electrons. The van der Waals surface area contributed by atoms with Gasteiger partial charge in [0.05, 0.1) is 36.2 Å². The lowest BCUT2D eigenvalue weighted by Gasteiger charge is -2.26. The highest BCUT2D eigenvalue weighted by Crippen LogP contribution is 2.22. The minimum Gasteiger partial charge on any atom is -0.379 e. The normalized spacial score (nSPS) is 15.5. The van der Waals surface area contributed by atoms with Crippen molar-refractivity contribution < 1.29 is 9.53 Å². The standard InChI is InChI=1S/C19H20N4O2/c20-19(24)16-2-1-3-18-17(16)12-21-23(18)15-6-4-14(5-7-15)13-22-8-10-25-11-9-22/h1-7,12H,8-11,13H2,(H2,20,24). The Morgan fingerprint density at radius 3 is 2.60 bits per heavy atom. The molecule has 6 nitrogen and oxygen atoms in total. The van der Waals surface area contributed by atoms with Crippen LogP contribution in [0.1, 0.15) is 15.9 Å². The second-order valence-corrected chi connectivity index (χ2v) is 6.21. The quantitative estimate of drug-likeness (QED) is 0.790. The summed E-state index contributed by atoms with van der Waals surface area (Å²) in [5, 5.41) is 5.21. The van der Waals surface area contributed by atoms with E-state index in [0.717, 1.165) is 49.4 Å². The van der Waals surface area contributed by atoms with E-state index >= 15 is 0 Å². The molecule has 4 rings (SSSR count). The van der Waals surface area contributed by atoms with Crippen molar-refractivity contribution in [2.24, 2.45) is 5.73 Å². The number of nitrogens with zero attached hydrogens (tertiary/aromatic N) is 3. The van der Waals surface area contributed by atoms with Crippen LogP contribution in [-0.4, -0.2) is 46.9 Å². The summed E-state index contributed by atoms with van der Waals surface area (Å²) in [5.41, 5.74) is 9.04. The van der Waals surface area contributed by atoms with Crippen molar-refractivity contribution in [1.29, 1.82) is 0 Å². The molecule has 0 atom stereocenters. The van der Waals surface area contributed by atoms with Crippen LogP contribution in [0.3, 0.4) is 0 Å². The van der Waals surface area contributed by atoms with Crippen LogP contribution in [0.25, 0.3) is 16.6 Å². The molecule has 6 heteroatoms. The van der Waals surface area contributed by atoms with E-state index in [1.807, 2.05) is 16.8 Å². The minimum absolute atomic E-state index is 0.439. The molecule has 1 fully saturated rings. The summed E-state index contributed by atoms with van der Waals surface area (Å²) in [7, 11) is 0. The van der Waals surface area contributed by atoms with Gasteiger partial charge in [-0.2, -0.15) is 5.10 Å². The third-order valence-corrected chi connectivity index (χ3v) is 4.57. The van der Waals surface area contributed by atoms with Crippen LogP contribution in [0.4, 0.5) is 0 Å². The predicted molar refractivity (Wildman–Crippen MR) is 95.7 cm³/mol. The second kappa shape index (κ2) is 6.66. The Morgan fingerprint density at radius 1 is 1.12 bits per heavy atom. The fourth-order valence-electron chi connectivity index (χ4n) is 3.23. The maximum Gasteiger partial charge on any atom is 0.249 e. The first-order valence-electron chi connectivity index (χ1n) is 8.38. The van der Waals surface area contributed by atoms with E-state index in [2.05, 4.69) is 34.3 Å². The van der Waals surface area contributed by atoms with Gasteiger partial charge in [-0.1, -0.05) is 18.2 Å². The maximum absolute atomic E-state index is 11.6. The highest BCUT2D eigenvalue weighted by Gasteiger charge is 2.13. The Bertz CT molecular complexity index is 895. The summed E-state index contributed by atoms with van der Waals surface area (Å²) < 4.78 is 7.22. The molecule has 1 aliphatic heterocycles. The number of rotatable bonds is 4. The number of morpholine rings is 1. The van der Waals surface area contributed by atoms with Gasteiger partial charge in [0.1, 0.15) is 0 Å². The second-order valence-electron chi connectivity index (χ2n) is 6.21. The number of nitrogens with two attached hydrogens (primary N) is 1. The van der Waals surface area contributed by atoms with E-state index < -0.39 is 5.91 Å². The number of hydrogen-bond acceptors (Lipinski definition) is 4. The summed E-state index contributed by atoms with van der Waals surface area (Å²) in [6.07, 6.45) is 1.69. The monoisotopic (exact) mass is 336 g/mol. The van der Waals surface area contributed by atoms with E-state index in [-0.39, 0.29) is 0 Å². The van der Waals surface area contributed by atoms with Gasteiger partial charge in [-0.3, -0.25) is 9.69 Å².